The molecule has 0 bridgehead atoms. The second-order valence-electron chi connectivity index (χ2n) is 6.73. The molecule has 1 aliphatic carbocycles. The van der Waals surface area contributed by atoms with Gasteiger partial charge in [-0.05, 0) is 44.3 Å². The van der Waals surface area contributed by atoms with Crippen LogP contribution in [0.4, 0.5) is 0 Å². The van der Waals surface area contributed by atoms with Gasteiger partial charge in [-0.15, -0.1) is 0 Å². The minimum atomic E-state index is 0.420. The Bertz CT molecular complexity index is 397. The van der Waals surface area contributed by atoms with E-state index in [0.29, 0.717) is 18.0 Å². The van der Waals surface area contributed by atoms with Crippen molar-refractivity contribution in [3.63, 3.8) is 0 Å². The van der Waals surface area contributed by atoms with E-state index in [4.69, 9.17) is 0 Å². The van der Waals surface area contributed by atoms with Gasteiger partial charge in [0.15, 0.2) is 0 Å². The Morgan fingerprint density at radius 1 is 1.19 bits per heavy atom. The van der Waals surface area contributed by atoms with Crippen LogP contribution in [0.3, 0.4) is 0 Å². The SMILES string of the molecule is CCCCN(C1CC1)C(C(C)C)C(NC)c1ccccc1. The number of unbranched alkanes of at least 4 members (excludes halogenated alkanes) is 1. The molecule has 2 rings (SSSR count). The summed E-state index contributed by atoms with van der Waals surface area (Å²) in [5, 5.41) is 3.60. The van der Waals surface area contributed by atoms with Crippen molar-refractivity contribution in [2.45, 2.75) is 64.6 Å². The molecule has 0 amide bonds. The summed E-state index contributed by atoms with van der Waals surface area (Å²) in [6.07, 6.45) is 5.37. The molecule has 1 saturated carbocycles. The number of nitrogens with zero attached hydrogens (tertiary/aromatic N) is 1. The predicted molar refractivity (Wildman–Crippen MR) is 91.5 cm³/mol. The highest BCUT2D eigenvalue weighted by Crippen LogP contribution is 2.35. The third-order valence-electron chi connectivity index (χ3n) is 4.66. The first-order valence-corrected chi connectivity index (χ1v) is 8.67. The van der Waals surface area contributed by atoms with Crippen molar-refractivity contribution >= 4 is 0 Å². The molecular weight excluding hydrogens is 256 g/mol. The van der Waals surface area contributed by atoms with E-state index in [-0.39, 0.29) is 0 Å². The molecule has 2 unspecified atom stereocenters. The van der Waals surface area contributed by atoms with Gasteiger partial charge >= 0.3 is 0 Å². The topological polar surface area (TPSA) is 15.3 Å². The van der Waals surface area contributed by atoms with Gasteiger partial charge in [0, 0.05) is 18.1 Å². The van der Waals surface area contributed by atoms with E-state index < -0.39 is 0 Å². The Morgan fingerprint density at radius 2 is 1.86 bits per heavy atom. The first-order valence-electron chi connectivity index (χ1n) is 8.67. The standard InChI is InChI=1S/C19H32N2/c1-5-6-14-21(17-12-13-17)19(15(2)3)18(20-4)16-10-8-7-9-11-16/h7-11,15,17-20H,5-6,12-14H2,1-4H3. The van der Waals surface area contributed by atoms with Crippen molar-refractivity contribution in [3.8, 4) is 0 Å². The van der Waals surface area contributed by atoms with Gasteiger partial charge in [-0.2, -0.15) is 0 Å². The summed E-state index contributed by atoms with van der Waals surface area (Å²) in [7, 11) is 2.11. The van der Waals surface area contributed by atoms with E-state index in [0.717, 1.165) is 6.04 Å². The summed E-state index contributed by atoms with van der Waals surface area (Å²) in [5.41, 5.74) is 1.42. The van der Waals surface area contributed by atoms with Crippen LogP contribution in [0.15, 0.2) is 30.3 Å². The molecule has 0 heterocycles. The molecule has 0 radical (unpaired) electrons. The Balaban J connectivity index is 2.22. The summed E-state index contributed by atoms with van der Waals surface area (Å²) in [6.45, 7) is 8.29. The zero-order valence-corrected chi connectivity index (χ0v) is 14.2. The van der Waals surface area contributed by atoms with E-state index in [1.165, 1.54) is 37.8 Å². The van der Waals surface area contributed by atoms with Crippen LogP contribution in [-0.4, -0.2) is 30.6 Å². The summed E-state index contributed by atoms with van der Waals surface area (Å²) in [6, 6.07) is 12.8. The summed E-state index contributed by atoms with van der Waals surface area (Å²) in [4.78, 5) is 2.79. The third-order valence-corrected chi connectivity index (χ3v) is 4.66. The molecule has 118 valence electrons. The van der Waals surface area contributed by atoms with Gasteiger partial charge in [-0.25, -0.2) is 0 Å². The van der Waals surface area contributed by atoms with E-state index in [1.54, 1.807) is 0 Å². The Hall–Kier alpha value is -0.860. The Labute approximate surface area is 130 Å². The highest BCUT2D eigenvalue weighted by molar-refractivity contribution is 5.21. The molecule has 1 fully saturated rings. The van der Waals surface area contributed by atoms with Crippen LogP contribution >= 0.6 is 0 Å². The van der Waals surface area contributed by atoms with Crippen LogP contribution in [0, 0.1) is 5.92 Å². The lowest BCUT2D eigenvalue weighted by molar-refractivity contribution is 0.109. The van der Waals surface area contributed by atoms with Crippen molar-refractivity contribution in [3.05, 3.63) is 35.9 Å². The maximum absolute atomic E-state index is 3.60. The molecule has 0 saturated heterocycles. The summed E-state index contributed by atoms with van der Waals surface area (Å²) in [5.74, 6) is 0.653. The van der Waals surface area contributed by atoms with E-state index in [1.807, 2.05) is 0 Å². The molecule has 2 atom stereocenters. The quantitative estimate of drug-likeness (QED) is 0.731. The van der Waals surface area contributed by atoms with Crippen LogP contribution < -0.4 is 5.32 Å². The fourth-order valence-corrected chi connectivity index (χ4v) is 3.48. The van der Waals surface area contributed by atoms with Crippen molar-refractivity contribution in [1.82, 2.24) is 10.2 Å². The van der Waals surface area contributed by atoms with Crippen molar-refractivity contribution in [2.24, 2.45) is 5.92 Å². The number of benzene rings is 1. The molecule has 0 aliphatic heterocycles. The molecule has 1 aliphatic rings. The molecule has 1 aromatic carbocycles. The predicted octanol–water partition coefficient (Wildman–Crippen LogP) is 4.24. The maximum atomic E-state index is 3.60. The van der Waals surface area contributed by atoms with Gasteiger partial charge in [0.05, 0.1) is 0 Å². The lowest BCUT2D eigenvalue weighted by Gasteiger charge is -2.40. The highest BCUT2D eigenvalue weighted by atomic mass is 15.2. The van der Waals surface area contributed by atoms with Crippen molar-refractivity contribution in [2.75, 3.05) is 13.6 Å². The zero-order chi connectivity index (χ0) is 15.2. The minimum Gasteiger partial charge on any atom is -0.312 e. The first kappa shape index (κ1) is 16.5. The van der Waals surface area contributed by atoms with Gasteiger partial charge in [0.1, 0.15) is 0 Å². The van der Waals surface area contributed by atoms with Crippen LogP contribution in [0.25, 0.3) is 0 Å². The molecule has 1 N–H and O–H groups in total. The van der Waals surface area contributed by atoms with Gasteiger partial charge in [0.25, 0.3) is 0 Å². The third kappa shape index (κ3) is 4.31. The largest absolute Gasteiger partial charge is 0.312 e. The van der Waals surface area contributed by atoms with Gasteiger partial charge < -0.3 is 5.32 Å². The second-order valence-corrected chi connectivity index (χ2v) is 6.73. The van der Waals surface area contributed by atoms with E-state index >= 15 is 0 Å². The second kappa shape index (κ2) is 7.95. The number of hydrogen-bond acceptors (Lipinski definition) is 2. The highest BCUT2D eigenvalue weighted by Gasteiger charge is 2.38. The molecule has 2 heteroatoms. The monoisotopic (exact) mass is 288 g/mol. The van der Waals surface area contributed by atoms with Gasteiger partial charge in [-0.1, -0.05) is 57.5 Å². The molecule has 0 spiro atoms. The maximum Gasteiger partial charge on any atom is 0.0478 e. The van der Waals surface area contributed by atoms with Crippen LogP contribution in [0.5, 0.6) is 0 Å². The minimum absolute atomic E-state index is 0.420. The molecule has 0 aromatic heterocycles. The first-order chi connectivity index (χ1) is 10.2. The summed E-state index contributed by atoms with van der Waals surface area (Å²) >= 11 is 0. The van der Waals surface area contributed by atoms with Crippen LogP contribution in [0.1, 0.15) is 58.1 Å². The smallest absolute Gasteiger partial charge is 0.0478 e. The fourth-order valence-electron chi connectivity index (χ4n) is 3.48. The normalized spacial score (nSPS) is 18.2. The molecule has 21 heavy (non-hydrogen) atoms. The average molecular weight is 288 g/mol. The zero-order valence-electron chi connectivity index (χ0n) is 14.2. The molecule has 1 aromatic rings. The van der Waals surface area contributed by atoms with Crippen molar-refractivity contribution < 1.29 is 0 Å². The van der Waals surface area contributed by atoms with E-state index in [9.17, 15) is 0 Å². The van der Waals surface area contributed by atoms with Crippen molar-refractivity contribution in [1.29, 1.82) is 0 Å². The Morgan fingerprint density at radius 3 is 2.33 bits per heavy atom. The number of rotatable bonds is 9. The lowest BCUT2D eigenvalue weighted by atomic mass is 9.89. The van der Waals surface area contributed by atoms with Crippen LogP contribution in [0.2, 0.25) is 0 Å². The molecule has 2 nitrogen and oxygen atoms in total. The van der Waals surface area contributed by atoms with Crippen LogP contribution in [-0.2, 0) is 0 Å². The number of hydrogen-bond donors (Lipinski definition) is 1. The number of nitrogens with one attached hydrogen (secondary N) is 1. The fraction of sp³-hybridized carbons (Fsp3) is 0.684. The van der Waals surface area contributed by atoms with Gasteiger partial charge in [-0.3, -0.25) is 4.90 Å². The average Bonchev–Trinajstić information content (AvgIpc) is 3.32. The lowest BCUT2D eigenvalue weighted by Crippen LogP contribution is -2.48. The van der Waals surface area contributed by atoms with E-state index in [2.05, 4.69) is 68.4 Å². The van der Waals surface area contributed by atoms with Gasteiger partial charge in [0.2, 0.25) is 0 Å². The Kier molecular flexibility index (Phi) is 6.25. The summed E-state index contributed by atoms with van der Waals surface area (Å²) < 4.78 is 0. The number of likely N-dealkylation sites (N-methyl/N-ethyl adjacent to an activating group) is 1. The molecular formula is C19H32N2.